The van der Waals surface area contributed by atoms with Gasteiger partial charge >= 0.3 is 5.97 Å². The number of hydrogen-bond acceptors (Lipinski definition) is 8. The van der Waals surface area contributed by atoms with E-state index in [1.807, 2.05) is 13.8 Å². The van der Waals surface area contributed by atoms with E-state index in [-0.39, 0.29) is 28.9 Å². The molecule has 0 saturated carbocycles. The molecular weight excluding hydrogens is 358 g/mol. The molecule has 1 aromatic carbocycles. The van der Waals surface area contributed by atoms with Crippen molar-refractivity contribution < 1.29 is 17.9 Å². The third kappa shape index (κ3) is 4.90. The Bertz CT molecular complexity index is 882. The second-order valence-corrected chi connectivity index (χ2v) is 7.22. The minimum atomic E-state index is -3.78. The minimum absolute atomic E-state index is 0.0153. The van der Waals surface area contributed by atoms with Gasteiger partial charge in [-0.2, -0.15) is 0 Å². The zero-order chi connectivity index (χ0) is 19.3. The van der Waals surface area contributed by atoms with Crippen molar-refractivity contribution in [3.63, 3.8) is 0 Å². The molecule has 0 bridgehead atoms. The average Bonchev–Trinajstić information content (AvgIpc) is 2.54. The van der Waals surface area contributed by atoms with Crippen LogP contribution in [0.4, 0.5) is 17.3 Å². The SMILES string of the molecule is CCOC(=O)c1c(Nc2ccc(S(N)(=O)=O)cc2)ncnc1NC(C)C. The van der Waals surface area contributed by atoms with Crippen molar-refractivity contribution >= 4 is 33.3 Å². The van der Waals surface area contributed by atoms with E-state index in [1.54, 1.807) is 6.92 Å². The van der Waals surface area contributed by atoms with Crippen LogP contribution in [0.5, 0.6) is 0 Å². The lowest BCUT2D eigenvalue weighted by Crippen LogP contribution is -2.18. The molecular formula is C16H21N5O4S. The number of anilines is 3. The molecule has 0 saturated heterocycles. The largest absolute Gasteiger partial charge is 0.462 e. The maximum atomic E-state index is 12.4. The van der Waals surface area contributed by atoms with E-state index in [9.17, 15) is 13.2 Å². The molecule has 0 aliphatic carbocycles. The van der Waals surface area contributed by atoms with Crippen LogP contribution >= 0.6 is 0 Å². The van der Waals surface area contributed by atoms with E-state index in [0.717, 1.165) is 0 Å². The van der Waals surface area contributed by atoms with Gasteiger partial charge in [0.05, 0.1) is 11.5 Å². The predicted molar refractivity (Wildman–Crippen MR) is 97.8 cm³/mol. The maximum Gasteiger partial charge on any atom is 0.345 e. The number of carbonyl (C=O) groups excluding carboxylic acids is 1. The van der Waals surface area contributed by atoms with E-state index in [1.165, 1.54) is 30.6 Å². The predicted octanol–water partition coefficient (Wildman–Crippen LogP) is 1.86. The molecule has 2 rings (SSSR count). The number of primary sulfonamides is 1. The van der Waals surface area contributed by atoms with Crippen LogP contribution in [0, 0.1) is 0 Å². The van der Waals surface area contributed by atoms with Crippen LogP contribution in [-0.2, 0) is 14.8 Å². The summed E-state index contributed by atoms with van der Waals surface area (Å²) in [6.07, 6.45) is 1.31. The van der Waals surface area contributed by atoms with Gasteiger partial charge in [0.25, 0.3) is 0 Å². The molecule has 1 aromatic heterocycles. The van der Waals surface area contributed by atoms with Crippen molar-refractivity contribution in [2.24, 2.45) is 5.14 Å². The molecule has 140 valence electrons. The molecule has 10 heteroatoms. The summed E-state index contributed by atoms with van der Waals surface area (Å²) >= 11 is 0. The molecule has 0 amide bonds. The van der Waals surface area contributed by atoms with Gasteiger partial charge < -0.3 is 15.4 Å². The van der Waals surface area contributed by atoms with Crippen LogP contribution in [0.3, 0.4) is 0 Å². The summed E-state index contributed by atoms with van der Waals surface area (Å²) in [7, 11) is -3.78. The van der Waals surface area contributed by atoms with Crippen LogP contribution < -0.4 is 15.8 Å². The number of esters is 1. The van der Waals surface area contributed by atoms with Crippen LogP contribution in [0.2, 0.25) is 0 Å². The molecule has 0 aliphatic heterocycles. The standard InChI is InChI=1S/C16H21N5O4S/c1-4-25-16(22)13-14(20-10(2)3)18-9-19-15(13)21-11-5-7-12(8-6-11)26(17,23)24/h5-10H,4H2,1-3H3,(H2,17,23,24)(H2,18,19,20,21). The van der Waals surface area contributed by atoms with Gasteiger partial charge in [0.1, 0.15) is 17.7 Å². The quantitative estimate of drug-likeness (QED) is 0.620. The molecule has 9 nitrogen and oxygen atoms in total. The highest BCUT2D eigenvalue weighted by molar-refractivity contribution is 7.89. The van der Waals surface area contributed by atoms with Gasteiger partial charge in [-0.15, -0.1) is 0 Å². The summed E-state index contributed by atoms with van der Waals surface area (Å²) in [6, 6.07) is 5.80. The topological polar surface area (TPSA) is 136 Å². The number of aromatic nitrogens is 2. The summed E-state index contributed by atoms with van der Waals surface area (Å²) < 4.78 is 27.8. The molecule has 2 aromatic rings. The molecule has 26 heavy (non-hydrogen) atoms. The number of ether oxygens (including phenoxy) is 1. The third-order valence-corrected chi connectivity index (χ3v) is 4.13. The lowest BCUT2D eigenvalue weighted by atomic mass is 10.2. The Morgan fingerprint density at radius 3 is 2.35 bits per heavy atom. The van der Waals surface area contributed by atoms with Gasteiger partial charge in [-0.25, -0.2) is 28.3 Å². The Morgan fingerprint density at radius 1 is 1.19 bits per heavy atom. The highest BCUT2D eigenvalue weighted by atomic mass is 32.2. The molecule has 0 aliphatic rings. The van der Waals surface area contributed by atoms with Gasteiger partial charge in [-0.3, -0.25) is 0 Å². The van der Waals surface area contributed by atoms with E-state index >= 15 is 0 Å². The second kappa shape index (κ2) is 8.11. The zero-order valence-corrected chi connectivity index (χ0v) is 15.5. The van der Waals surface area contributed by atoms with E-state index in [4.69, 9.17) is 9.88 Å². The van der Waals surface area contributed by atoms with Crippen molar-refractivity contribution in [1.82, 2.24) is 9.97 Å². The van der Waals surface area contributed by atoms with Crippen molar-refractivity contribution in [1.29, 1.82) is 0 Å². The molecule has 0 atom stereocenters. The fraction of sp³-hybridized carbons (Fsp3) is 0.312. The fourth-order valence-electron chi connectivity index (χ4n) is 2.12. The van der Waals surface area contributed by atoms with Crippen LogP contribution in [0.25, 0.3) is 0 Å². The highest BCUT2D eigenvalue weighted by Crippen LogP contribution is 2.25. The molecule has 4 N–H and O–H groups in total. The lowest BCUT2D eigenvalue weighted by Gasteiger charge is -2.16. The lowest BCUT2D eigenvalue weighted by molar-refractivity contribution is 0.0528. The number of nitrogens with one attached hydrogen (secondary N) is 2. The van der Waals surface area contributed by atoms with Gasteiger partial charge in [-0.1, -0.05) is 0 Å². The van der Waals surface area contributed by atoms with Crippen molar-refractivity contribution in [3.05, 3.63) is 36.2 Å². The maximum absolute atomic E-state index is 12.4. The Kier molecular flexibility index (Phi) is 6.11. The Labute approximate surface area is 152 Å². The van der Waals surface area contributed by atoms with Crippen molar-refractivity contribution in [2.45, 2.75) is 31.7 Å². The normalized spacial score (nSPS) is 11.3. The number of benzene rings is 1. The smallest absolute Gasteiger partial charge is 0.345 e. The molecule has 0 unspecified atom stereocenters. The van der Waals surface area contributed by atoms with E-state index in [0.29, 0.717) is 11.5 Å². The van der Waals surface area contributed by atoms with E-state index < -0.39 is 16.0 Å². The summed E-state index contributed by atoms with van der Waals surface area (Å²) in [5.74, 6) is 0.0157. The van der Waals surface area contributed by atoms with Gasteiger partial charge in [-0.05, 0) is 45.0 Å². The third-order valence-electron chi connectivity index (χ3n) is 3.20. The Balaban J connectivity index is 2.40. The zero-order valence-electron chi connectivity index (χ0n) is 14.7. The van der Waals surface area contributed by atoms with E-state index in [2.05, 4.69) is 20.6 Å². The number of nitrogens with two attached hydrogens (primary N) is 1. The van der Waals surface area contributed by atoms with Crippen LogP contribution in [-0.4, -0.2) is 37.0 Å². The Morgan fingerprint density at radius 2 is 1.81 bits per heavy atom. The van der Waals surface area contributed by atoms with Gasteiger partial charge in [0.2, 0.25) is 10.0 Å². The first-order chi connectivity index (χ1) is 12.2. The second-order valence-electron chi connectivity index (χ2n) is 5.66. The fourth-order valence-corrected chi connectivity index (χ4v) is 2.64. The summed E-state index contributed by atoms with van der Waals surface area (Å²) in [6.45, 7) is 5.74. The van der Waals surface area contributed by atoms with Gasteiger partial charge in [0, 0.05) is 11.7 Å². The van der Waals surface area contributed by atoms with Crippen molar-refractivity contribution in [2.75, 3.05) is 17.2 Å². The molecule has 0 fully saturated rings. The van der Waals surface area contributed by atoms with Crippen LogP contribution in [0.1, 0.15) is 31.1 Å². The monoisotopic (exact) mass is 379 g/mol. The number of carbonyl (C=O) groups is 1. The first kappa shape index (κ1) is 19.6. The Hall–Kier alpha value is -2.72. The van der Waals surface area contributed by atoms with Crippen LogP contribution in [0.15, 0.2) is 35.5 Å². The average molecular weight is 379 g/mol. The first-order valence-electron chi connectivity index (χ1n) is 7.91. The number of hydrogen-bond donors (Lipinski definition) is 3. The summed E-state index contributed by atoms with van der Waals surface area (Å²) in [4.78, 5) is 20.6. The molecule has 1 heterocycles. The minimum Gasteiger partial charge on any atom is -0.462 e. The number of sulfonamides is 1. The summed E-state index contributed by atoms with van der Waals surface area (Å²) in [5.41, 5.74) is 0.690. The first-order valence-corrected chi connectivity index (χ1v) is 9.45. The van der Waals surface area contributed by atoms with Crippen molar-refractivity contribution in [3.8, 4) is 0 Å². The number of nitrogens with zero attached hydrogens (tertiary/aromatic N) is 2. The number of rotatable bonds is 7. The molecule has 0 spiro atoms. The highest BCUT2D eigenvalue weighted by Gasteiger charge is 2.21. The molecule has 0 radical (unpaired) electrons. The van der Waals surface area contributed by atoms with Gasteiger partial charge in [0.15, 0.2) is 5.82 Å². The summed E-state index contributed by atoms with van der Waals surface area (Å²) in [5, 5.41) is 11.1.